The van der Waals surface area contributed by atoms with Gasteiger partial charge >= 0.3 is 12.1 Å². The quantitative estimate of drug-likeness (QED) is 0.558. The molecule has 7 nitrogen and oxygen atoms in total. The number of primary sulfonamides is 1. The van der Waals surface area contributed by atoms with Gasteiger partial charge in [0, 0.05) is 22.6 Å². The lowest BCUT2D eigenvalue weighted by atomic mass is 9.98. The van der Waals surface area contributed by atoms with Crippen LogP contribution in [0, 0.1) is 0 Å². The van der Waals surface area contributed by atoms with Crippen molar-refractivity contribution < 1.29 is 31.2 Å². The van der Waals surface area contributed by atoms with Gasteiger partial charge in [-0.3, -0.25) is 0 Å². The zero-order chi connectivity index (χ0) is 23.7. The summed E-state index contributed by atoms with van der Waals surface area (Å²) >= 11 is 5.87. The summed E-state index contributed by atoms with van der Waals surface area (Å²) in [6, 6.07) is 10.4. The van der Waals surface area contributed by atoms with Gasteiger partial charge in [0.05, 0.1) is 4.90 Å². The Kier molecular flexibility index (Phi) is 6.63. The molecule has 170 valence electrons. The Hall–Kier alpha value is -2.89. The number of benzene rings is 2. The molecule has 3 aromatic rings. The maximum atomic E-state index is 14.1. The van der Waals surface area contributed by atoms with E-state index < -0.39 is 27.9 Å². The predicted molar refractivity (Wildman–Crippen MR) is 111 cm³/mol. The Bertz CT molecular complexity index is 1240. The number of carbonyl (C=O) groups is 1. The number of rotatable bonds is 6. The van der Waals surface area contributed by atoms with Crippen molar-refractivity contribution in [2.24, 2.45) is 5.14 Å². The van der Waals surface area contributed by atoms with Crippen molar-refractivity contribution in [1.29, 1.82) is 0 Å². The Balaban J connectivity index is 2.28. The molecule has 0 saturated carbocycles. The van der Waals surface area contributed by atoms with Gasteiger partial charge in [-0.1, -0.05) is 47.6 Å². The molecule has 0 amide bonds. The van der Waals surface area contributed by atoms with E-state index in [0.29, 0.717) is 11.4 Å². The standard InChI is InChI=1S/C20H17ClF3N3O4S/c1-2-3-16(28)31-27-19(20(22,23)24)17(12-4-8-14(21)9-5-12)18(26-27)13-6-10-15(11-7-13)32(25,29)30/h4-11H,2-3H2,1H3,(H2,25,29,30). The Morgan fingerprint density at radius 3 is 2.16 bits per heavy atom. The number of aromatic nitrogens is 2. The van der Waals surface area contributed by atoms with E-state index in [0.717, 1.165) is 12.1 Å². The molecule has 0 fully saturated rings. The van der Waals surface area contributed by atoms with Crippen LogP contribution in [-0.4, -0.2) is 24.3 Å². The number of alkyl halides is 3. The van der Waals surface area contributed by atoms with Crippen molar-refractivity contribution in [3.63, 3.8) is 0 Å². The van der Waals surface area contributed by atoms with Crippen LogP contribution in [0.1, 0.15) is 25.5 Å². The van der Waals surface area contributed by atoms with Crippen molar-refractivity contribution in [3.8, 4) is 22.4 Å². The van der Waals surface area contributed by atoms with Gasteiger partial charge in [0.25, 0.3) is 0 Å². The lowest BCUT2D eigenvalue weighted by Crippen LogP contribution is -2.26. The molecule has 0 aliphatic heterocycles. The third kappa shape index (κ3) is 5.12. The summed E-state index contributed by atoms with van der Waals surface area (Å²) in [5.74, 6) is -0.890. The minimum atomic E-state index is -4.94. The van der Waals surface area contributed by atoms with Crippen LogP contribution in [0.25, 0.3) is 22.4 Å². The predicted octanol–water partition coefficient (Wildman–Crippen LogP) is 4.29. The molecule has 2 N–H and O–H groups in total. The van der Waals surface area contributed by atoms with E-state index in [4.69, 9.17) is 21.6 Å². The van der Waals surface area contributed by atoms with Gasteiger partial charge in [-0.25, -0.2) is 18.4 Å². The average Bonchev–Trinajstić information content (AvgIpc) is 3.07. The van der Waals surface area contributed by atoms with Crippen LogP contribution in [0.15, 0.2) is 53.4 Å². The second kappa shape index (κ2) is 8.93. The molecule has 32 heavy (non-hydrogen) atoms. The molecule has 0 saturated heterocycles. The SMILES string of the molecule is CCCC(=O)On1nc(-c2ccc(S(N)(=O)=O)cc2)c(-c2ccc(Cl)cc2)c1C(F)(F)F. The van der Waals surface area contributed by atoms with E-state index in [-0.39, 0.29) is 38.5 Å². The van der Waals surface area contributed by atoms with Crippen molar-refractivity contribution in [1.82, 2.24) is 9.94 Å². The molecule has 0 unspecified atom stereocenters. The molecule has 12 heteroatoms. The molecule has 0 spiro atoms. The second-order valence-corrected chi connectivity index (χ2v) is 8.73. The Morgan fingerprint density at radius 1 is 1.09 bits per heavy atom. The summed E-state index contributed by atoms with van der Waals surface area (Å²) in [6.07, 6.45) is -4.67. The number of sulfonamides is 1. The van der Waals surface area contributed by atoms with E-state index in [1.165, 1.54) is 36.4 Å². The maximum Gasteiger partial charge on any atom is 0.437 e. The third-order valence-corrected chi connectivity index (χ3v) is 5.54. The first-order chi connectivity index (χ1) is 14.9. The van der Waals surface area contributed by atoms with E-state index in [1.807, 2.05) is 0 Å². The first-order valence-corrected chi connectivity index (χ1v) is 11.1. The van der Waals surface area contributed by atoms with Crippen LogP contribution < -0.4 is 9.98 Å². The highest BCUT2D eigenvalue weighted by molar-refractivity contribution is 7.89. The number of hydrogen-bond acceptors (Lipinski definition) is 5. The summed E-state index contributed by atoms with van der Waals surface area (Å²) in [5, 5.41) is 9.29. The van der Waals surface area contributed by atoms with Gasteiger partial charge in [-0.15, -0.1) is 5.10 Å². The van der Waals surface area contributed by atoms with Gasteiger partial charge in [0.2, 0.25) is 10.0 Å². The summed E-state index contributed by atoms with van der Waals surface area (Å²) in [4.78, 5) is 16.8. The van der Waals surface area contributed by atoms with Crippen molar-refractivity contribution in [2.75, 3.05) is 0 Å². The monoisotopic (exact) mass is 487 g/mol. The minimum Gasteiger partial charge on any atom is -0.319 e. The molecular formula is C20H17ClF3N3O4S. The number of halogens is 4. The molecule has 0 atom stereocenters. The zero-order valence-electron chi connectivity index (χ0n) is 16.6. The van der Waals surface area contributed by atoms with E-state index in [1.54, 1.807) is 6.92 Å². The highest BCUT2D eigenvalue weighted by atomic mass is 35.5. The molecule has 2 aromatic carbocycles. The molecule has 1 heterocycles. The van der Waals surface area contributed by atoms with Crippen LogP contribution in [0.4, 0.5) is 13.2 Å². The summed E-state index contributed by atoms with van der Waals surface area (Å²) in [7, 11) is -4.01. The molecule has 1 aromatic heterocycles. The summed E-state index contributed by atoms with van der Waals surface area (Å²) < 4.78 is 65.3. The fourth-order valence-corrected chi connectivity index (χ4v) is 3.60. The van der Waals surface area contributed by atoms with Gasteiger partial charge in [-0.2, -0.15) is 13.2 Å². The van der Waals surface area contributed by atoms with Gasteiger partial charge in [0.1, 0.15) is 5.69 Å². The number of nitrogens with two attached hydrogens (primary N) is 1. The van der Waals surface area contributed by atoms with E-state index in [2.05, 4.69) is 5.10 Å². The van der Waals surface area contributed by atoms with Crippen LogP contribution in [0.3, 0.4) is 0 Å². The van der Waals surface area contributed by atoms with Gasteiger partial charge < -0.3 is 4.84 Å². The van der Waals surface area contributed by atoms with Crippen LogP contribution in [0.2, 0.25) is 5.02 Å². The normalized spacial score (nSPS) is 12.1. The summed E-state index contributed by atoms with van der Waals surface area (Å²) in [5.41, 5.74) is -1.57. The Labute approximate surface area is 186 Å². The van der Waals surface area contributed by atoms with Crippen molar-refractivity contribution in [2.45, 2.75) is 30.8 Å². The van der Waals surface area contributed by atoms with E-state index >= 15 is 0 Å². The van der Waals surface area contributed by atoms with E-state index in [9.17, 15) is 26.4 Å². The highest BCUT2D eigenvalue weighted by Gasteiger charge is 2.42. The number of carbonyl (C=O) groups excluding carboxylic acids is 1. The van der Waals surface area contributed by atoms with Crippen molar-refractivity contribution in [3.05, 3.63) is 59.2 Å². The lowest BCUT2D eigenvalue weighted by Gasteiger charge is -2.12. The number of nitrogens with zero attached hydrogens (tertiary/aromatic N) is 2. The van der Waals surface area contributed by atoms with Crippen LogP contribution in [-0.2, 0) is 21.0 Å². The fraction of sp³-hybridized carbons (Fsp3) is 0.200. The minimum absolute atomic E-state index is 0.105. The second-order valence-electron chi connectivity index (χ2n) is 6.73. The first kappa shape index (κ1) is 23.8. The molecule has 3 rings (SSSR count). The van der Waals surface area contributed by atoms with Crippen LogP contribution >= 0.6 is 11.6 Å². The molecule has 0 radical (unpaired) electrons. The van der Waals surface area contributed by atoms with Gasteiger partial charge in [0.15, 0.2) is 5.69 Å². The average molecular weight is 488 g/mol. The first-order valence-electron chi connectivity index (χ1n) is 9.22. The largest absolute Gasteiger partial charge is 0.437 e. The highest BCUT2D eigenvalue weighted by Crippen LogP contribution is 2.42. The topological polar surface area (TPSA) is 104 Å². The third-order valence-electron chi connectivity index (χ3n) is 4.36. The molecule has 0 aliphatic carbocycles. The van der Waals surface area contributed by atoms with Crippen molar-refractivity contribution >= 4 is 27.6 Å². The Morgan fingerprint density at radius 2 is 1.66 bits per heavy atom. The lowest BCUT2D eigenvalue weighted by molar-refractivity contribution is -0.162. The maximum absolute atomic E-state index is 14.1. The smallest absolute Gasteiger partial charge is 0.319 e. The molecule has 0 aliphatic rings. The fourth-order valence-electron chi connectivity index (χ4n) is 2.96. The number of hydrogen-bond donors (Lipinski definition) is 1. The molecular weight excluding hydrogens is 471 g/mol. The zero-order valence-corrected chi connectivity index (χ0v) is 18.1. The molecule has 0 bridgehead atoms. The summed E-state index contributed by atoms with van der Waals surface area (Å²) in [6.45, 7) is 1.67. The van der Waals surface area contributed by atoms with Crippen LogP contribution in [0.5, 0.6) is 0 Å². The van der Waals surface area contributed by atoms with Gasteiger partial charge in [-0.05, 0) is 36.2 Å².